The Morgan fingerprint density at radius 3 is 1.78 bits per heavy atom. The van der Waals surface area contributed by atoms with Crippen LogP contribution >= 0.6 is 0 Å². The Bertz CT molecular complexity index is 2710. The van der Waals surface area contributed by atoms with Gasteiger partial charge in [0.1, 0.15) is 16.9 Å². The fourth-order valence-corrected chi connectivity index (χ4v) is 6.94. The molecule has 0 radical (unpaired) electrons. The summed E-state index contributed by atoms with van der Waals surface area (Å²) in [6.07, 6.45) is 0. The van der Waals surface area contributed by atoms with Crippen LogP contribution in [0.1, 0.15) is 5.69 Å². The molecule has 6 aromatic carbocycles. The van der Waals surface area contributed by atoms with Crippen LogP contribution in [0.4, 0.5) is 0 Å². The zero-order valence-corrected chi connectivity index (χ0v) is 27.9. The molecule has 9 aromatic rings. The van der Waals surface area contributed by atoms with Gasteiger partial charge in [0.2, 0.25) is 0 Å². The lowest BCUT2D eigenvalue weighted by Crippen LogP contribution is -1.93. The van der Waals surface area contributed by atoms with Gasteiger partial charge in [0, 0.05) is 38.7 Å². The minimum absolute atomic E-state index is 0.200. The van der Waals surface area contributed by atoms with Gasteiger partial charge in [-0.2, -0.15) is 0 Å². The Morgan fingerprint density at radius 2 is 0.980 bits per heavy atom. The van der Waals surface area contributed by atoms with Crippen LogP contribution in [0.2, 0.25) is 0 Å². The largest absolute Gasteiger partial charge is 0.507 e. The number of aromatic hydroxyl groups is 1. The quantitative estimate of drug-likeness (QED) is 0.193. The number of hydrogen-bond donors (Lipinski definition) is 1. The van der Waals surface area contributed by atoms with Crippen LogP contribution in [0.5, 0.6) is 5.75 Å². The second-order valence-corrected chi connectivity index (χ2v) is 12.8. The van der Waals surface area contributed by atoms with Gasteiger partial charge < -0.3 is 9.52 Å². The fourth-order valence-electron chi connectivity index (χ4n) is 6.94. The number of rotatable bonds is 6. The number of phenols is 1. The summed E-state index contributed by atoms with van der Waals surface area (Å²) in [5.74, 6) is 0.200. The molecule has 0 fully saturated rings. The number of pyridine rings is 2. The maximum atomic E-state index is 10.7. The summed E-state index contributed by atoms with van der Waals surface area (Å²) < 4.78 is 6.31. The highest BCUT2D eigenvalue weighted by Gasteiger charge is 2.15. The lowest BCUT2D eigenvalue weighted by molar-refractivity contribution is 0.477. The first-order valence-corrected chi connectivity index (χ1v) is 17.0. The predicted octanol–water partition coefficient (Wildman–Crippen LogP) is 12.4. The Balaban J connectivity index is 1.08. The second kappa shape index (κ2) is 12.6. The maximum Gasteiger partial charge on any atom is 0.143 e. The standard InChI is InChI=1S/C47H32N2O2/c1-30-25-36(32-21-23-33(24-22-32)38-17-10-18-40-39-15-6-8-20-46(39)51-47(38)40)27-42(48-30)34-13-9-14-35(26-34)43-28-37(31-11-3-2-4-12-31)29-44(49-43)41-16-5-7-19-45(41)50/h2-29,50H,1H3. The molecule has 0 aliphatic carbocycles. The second-order valence-electron chi connectivity index (χ2n) is 12.8. The summed E-state index contributed by atoms with van der Waals surface area (Å²) in [5.41, 5.74) is 14.3. The smallest absolute Gasteiger partial charge is 0.143 e. The van der Waals surface area contributed by atoms with Gasteiger partial charge in [-0.15, -0.1) is 0 Å². The van der Waals surface area contributed by atoms with Crippen LogP contribution in [0, 0.1) is 6.92 Å². The summed E-state index contributed by atoms with van der Waals surface area (Å²) >= 11 is 0. The van der Waals surface area contributed by atoms with Crippen LogP contribution in [0.25, 0.3) is 89.1 Å². The molecule has 242 valence electrons. The molecule has 3 heterocycles. The molecule has 4 nitrogen and oxygen atoms in total. The lowest BCUT2D eigenvalue weighted by Gasteiger charge is -2.13. The average molecular weight is 657 g/mol. The van der Waals surface area contributed by atoms with E-state index in [1.807, 2.05) is 61.5 Å². The minimum Gasteiger partial charge on any atom is -0.507 e. The first kappa shape index (κ1) is 30.3. The summed E-state index contributed by atoms with van der Waals surface area (Å²) in [6.45, 7) is 2.04. The summed E-state index contributed by atoms with van der Waals surface area (Å²) in [7, 11) is 0. The molecule has 0 saturated carbocycles. The number of hydrogen-bond acceptors (Lipinski definition) is 4. The predicted molar refractivity (Wildman–Crippen MR) is 208 cm³/mol. The summed E-state index contributed by atoms with van der Waals surface area (Å²) in [6, 6.07) is 57.6. The Hall–Kier alpha value is -6.78. The molecule has 4 heteroatoms. The minimum atomic E-state index is 0.200. The molecule has 51 heavy (non-hydrogen) atoms. The molecule has 9 rings (SSSR count). The zero-order valence-electron chi connectivity index (χ0n) is 27.9. The molecule has 0 spiro atoms. The molecule has 0 aliphatic rings. The van der Waals surface area contributed by atoms with Crippen LogP contribution in [-0.4, -0.2) is 15.1 Å². The molecule has 0 bridgehead atoms. The molecule has 0 aliphatic heterocycles. The first-order chi connectivity index (χ1) is 25.1. The zero-order chi connectivity index (χ0) is 34.3. The lowest BCUT2D eigenvalue weighted by atomic mass is 9.96. The number of nitrogens with zero attached hydrogens (tertiary/aromatic N) is 2. The van der Waals surface area contributed by atoms with Crippen molar-refractivity contribution in [2.45, 2.75) is 6.92 Å². The van der Waals surface area contributed by atoms with Gasteiger partial charge in [0.25, 0.3) is 0 Å². The van der Waals surface area contributed by atoms with E-state index in [2.05, 4.69) is 109 Å². The summed E-state index contributed by atoms with van der Waals surface area (Å²) in [4.78, 5) is 10.0. The maximum absolute atomic E-state index is 10.7. The summed E-state index contributed by atoms with van der Waals surface area (Å²) in [5, 5.41) is 13.0. The van der Waals surface area contributed by atoms with Crippen molar-refractivity contribution in [1.82, 2.24) is 9.97 Å². The Morgan fingerprint density at radius 1 is 0.412 bits per heavy atom. The topological polar surface area (TPSA) is 59.2 Å². The number of phenolic OH excluding ortho intramolecular Hbond substituents is 1. The normalized spacial score (nSPS) is 11.3. The van der Waals surface area contributed by atoms with Crippen LogP contribution in [-0.2, 0) is 0 Å². The third-order valence-corrected chi connectivity index (χ3v) is 9.45. The van der Waals surface area contributed by atoms with E-state index < -0.39 is 0 Å². The van der Waals surface area contributed by atoms with E-state index in [1.165, 1.54) is 0 Å². The van der Waals surface area contributed by atoms with Crippen LogP contribution in [0.15, 0.2) is 174 Å². The van der Waals surface area contributed by atoms with E-state index in [9.17, 15) is 5.11 Å². The van der Waals surface area contributed by atoms with Crippen molar-refractivity contribution in [2.75, 3.05) is 0 Å². The third-order valence-electron chi connectivity index (χ3n) is 9.45. The number of benzene rings is 6. The van der Waals surface area contributed by atoms with Crippen molar-refractivity contribution in [2.24, 2.45) is 0 Å². The van der Waals surface area contributed by atoms with E-state index in [0.29, 0.717) is 11.3 Å². The van der Waals surface area contributed by atoms with Gasteiger partial charge in [0.05, 0.1) is 17.1 Å². The van der Waals surface area contributed by atoms with Crippen molar-refractivity contribution >= 4 is 21.9 Å². The van der Waals surface area contributed by atoms with E-state index in [1.54, 1.807) is 6.07 Å². The molecule has 3 aromatic heterocycles. The Kier molecular flexibility index (Phi) is 7.48. The van der Waals surface area contributed by atoms with E-state index in [-0.39, 0.29) is 5.75 Å². The molecule has 0 amide bonds. The molecular weight excluding hydrogens is 625 g/mol. The first-order valence-electron chi connectivity index (χ1n) is 17.0. The van der Waals surface area contributed by atoms with E-state index >= 15 is 0 Å². The van der Waals surface area contributed by atoms with Crippen molar-refractivity contribution in [3.63, 3.8) is 0 Å². The third kappa shape index (κ3) is 5.73. The van der Waals surface area contributed by atoms with E-state index in [0.717, 1.165) is 83.5 Å². The number of aromatic nitrogens is 2. The number of para-hydroxylation sites is 3. The van der Waals surface area contributed by atoms with Crippen molar-refractivity contribution in [3.05, 3.63) is 176 Å². The highest BCUT2D eigenvalue weighted by atomic mass is 16.3. The Labute approximate surface area is 296 Å². The van der Waals surface area contributed by atoms with Crippen LogP contribution in [0.3, 0.4) is 0 Å². The van der Waals surface area contributed by atoms with Gasteiger partial charge >= 0.3 is 0 Å². The highest BCUT2D eigenvalue weighted by Crippen LogP contribution is 2.38. The molecule has 0 unspecified atom stereocenters. The highest BCUT2D eigenvalue weighted by molar-refractivity contribution is 6.09. The monoisotopic (exact) mass is 656 g/mol. The fraction of sp³-hybridized carbons (Fsp3) is 0.0213. The van der Waals surface area contributed by atoms with Gasteiger partial charge in [-0.05, 0) is 83.3 Å². The number of furan rings is 1. The van der Waals surface area contributed by atoms with Gasteiger partial charge in [-0.1, -0.05) is 121 Å². The SMILES string of the molecule is Cc1cc(-c2ccc(-c3cccc4c3oc3ccccc34)cc2)cc(-c2cccc(-c3cc(-c4ccccc4)cc(-c4ccccc4O)n3)c2)n1. The average Bonchev–Trinajstić information content (AvgIpc) is 3.57. The van der Waals surface area contributed by atoms with Crippen molar-refractivity contribution in [3.8, 4) is 72.9 Å². The molecule has 0 saturated heterocycles. The van der Waals surface area contributed by atoms with Gasteiger partial charge in [-0.25, -0.2) is 4.98 Å². The van der Waals surface area contributed by atoms with Gasteiger partial charge in [0.15, 0.2) is 0 Å². The molecule has 1 N–H and O–H groups in total. The number of aryl methyl sites for hydroxylation is 1. The van der Waals surface area contributed by atoms with Crippen molar-refractivity contribution < 1.29 is 9.52 Å². The van der Waals surface area contributed by atoms with Gasteiger partial charge in [-0.3, -0.25) is 4.98 Å². The van der Waals surface area contributed by atoms with Crippen molar-refractivity contribution in [1.29, 1.82) is 0 Å². The van der Waals surface area contributed by atoms with Crippen LogP contribution < -0.4 is 0 Å². The number of fused-ring (bicyclic) bond motifs is 3. The molecule has 0 atom stereocenters. The van der Waals surface area contributed by atoms with E-state index in [4.69, 9.17) is 14.4 Å². The molecular formula is C47H32N2O2.